The second-order valence-corrected chi connectivity index (χ2v) is 12.0. The number of carbonyl (C=O) groups excluding carboxylic acids is 1. The molecule has 2 bridgehead atoms. The Labute approximate surface area is 266 Å². The van der Waals surface area contributed by atoms with Gasteiger partial charge in [-0.05, 0) is 53.8 Å². The highest BCUT2D eigenvalue weighted by Crippen LogP contribution is 2.37. The number of nitrogens with zero attached hydrogens (tertiary/aromatic N) is 2. The first-order valence-electron chi connectivity index (χ1n) is 15.5. The summed E-state index contributed by atoms with van der Waals surface area (Å²) in [6.07, 6.45) is 1.59. The number of aromatic nitrogens is 1. The van der Waals surface area contributed by atoms with Crippen molar-refractivity contribution < 1.29 is 28.5 Å². The number of hydrogen-bond acceptors (Lipinski definition) is 9. The Bertz CT molecular complexity index is 1790. The van der Waals surface area contributed by atoms with Crippen molar-refractivity contribution in [2.45, 2.75) is 44.2 Å². The molecule has 6 rings (SSSR count). The predicted molar refractivity (Wildman–Crippen MR) is 171 cm³/mol. The van der Waals surface area contributed by atoms with E-state index in [1.807, 2.05) is 34.9 Å². The number of ether oxygens (including phenoxy) is 3. The molecule has 0 spiro atoms. The average molecular weight is 627 g/mol. The zero-order chi connectivity index (χ0) is 32.2. The fourth-order valence-electron chi connectivity index (χ4n) is 6.70. The molecule has 0 aliphatic carbocycles. The van der Waals surface area contributed by atoms with Gasteiger partial charge in [0, 0.05) is 49.8 Å². The molecule has 1 saturated heterocycles. The van der Waals surface area contributed by atoms with Gasteiger partial charge in [-0.3, -0.25) is 19.3 Å². The SMILES string of the molecule is COC(=O)C[C@H](c1ccc(OCCc2ccc(OC)cc2)cc1)c1oc(CN2C[C@@H]3C[C@H](C2)c2cccc(=O)n2C3)cc(=O)c1O. The molecule has 0 unspecified atom stereocenters. The summed E-state index contributed by atoms with van der Waals surface area (Å²) in [5.41, 5.74) is 2.28. The summed E-state index contributed by atoms with van der Waals surface area (Å²) in [6.45, 7) is 2.96. The van der Waals surface area contributed by atoms with Crippen molar-refractivity contribution in [3.05, 3.63) is 122 Å². The first-order valence-corrected chi connectivity index (χ1v) is 15.5. The van der Waals surface area contributed by atoms with Crippen LogP contribution >= 0.6 is 0 Å². The molecule has 10 nitrogen and oxygen atoms in total. The van der Waals surface area contributed by atoms with Crippen molar-refractivity contribution in [2.75, 3.05) is 33.9 Å². The van der Waals surface area contributed by atoms with Gasteiger partial charge in [-0.1, -0.05) is 30.3 Å². The van der Waals surface area contributed by atoms with Crippen LogP contribution in [0.4, 0.5) is 0 Å². The van der Waals surface area contributed by atoms with Crippen LogP contribution in [0.2, 0.25) is 0 Å². The summed E-state index contributed by atoms with van der Waals surface area (Å²) < 4.78 is 24.2. The van der Waals surface area contributed by atoms with Gasteiger partial charge in [-0.2, -0.15) is 0 Å². The second-order valence-electron chi connectivity index (χ2n) is 12.0. The predicted octanol–water partition coefficient (Wildman–Crippen LogP) is 4.45. The summed E-state index contributed by atoms with van der Waals surface area (Å²) in [7, 11) is 2.93. The largest absolute Gasteiger partial charge is 0.502 e. The van der Waals surface area contributed by atoms with Crippen LogP contribution in [0.15, 0.2) is 86.8 Å². The van der Waals surface area contributed by atoms with E-state index < -0.39 is 23.1 Å². The Kier molecular flexibility index (Phi) is 9.25. The number of fused-ring (bicyclic) bond motifs is 4. The third-order valence-corrected chi connectivity index (χ3v) is 8.95. The molecule has 0 radical (unpaired) electrons. The first-order chi connectivity index (χ1) is 22.3. The van der Waals surface area contributed by atoms with E-state index in [0.717, 1.165) is 30.0 Å². The molecule has 2 aliphatic rings. The van der Waals surface area contributed by atoms with E-state index in [4.69, 9.17) is 18.6 Å². The highest BCUT2D eigenvalue weighted by atomic mass is 16.5. The second kappa shape index (κ2) is 13.7. The van der Waals surface area contributed by atoms with Crippen LogP contribution in [0.1, 0.15) is 53.0 Å². The topological polar surface area (TPSA) is 120 Å². The van der Waals surface area contributed by atoms with Gasteiger partial charge in [-0.15, -0.1) is 0 Å². The van der Waals surface area contributed by atoms with Gasteiger partial charge in [0.15, 0.2) is 5.76 Å². The summed E-state index contributed by atoms with van der Waals surface area (Å²) in [4.78, 5) is 40.2. The lowest BCUT2D eigenvalue weighted by atomic mass is 9.83. The minimum Gasteiger partial charge on any atom is -0.502 e. The molecule has 2 aromatic heterocycles. The molecule has 1 fully saturated rings. The van der Waals surface area contributed by atoms with Crippen LogP contribution in [0.3, 0.4) is 0 Å². The smallest absolute Gasteiger partial charge is 0.306 e. The van der Waals surface area contributed by atoms with Gasteiger partial charge in [0.2, 0.25) is 11.2 Å². The van der Waals surface area contributed by atoms with E-state index >= 15 is 0 Å². The van der Waals surface area contributed by atoms with Crippen LogP contribution in [-0.2, 0) is 29.0 Å². The fourth-order valence-corrected chi connectivity index (χ4v) is 6.70. The van der Waals surface area contributed by atoms with E-state index in [1.54, 1.807) is 43.5 Å². The van der Waals surface area contributed by atoms with Crippen LogP contribution < -0.4 is 20.5 Å². The molecule has 2 aliphatic heterocycles. The zero-order valence-corrected chi connectivity index (χ0v) is 26.0. The molecule has 1 N–H and O–H groups in total. The van der Waals surface area contributed by atoms with E-state index in [1.165, 1.54) is 13.2 Å². The summed E-state index contributed by atoms with van der Waals surface area (Å²) in [6, 6.07) is 21.7. The van der Waals surface area contributed by atoms with Crippen LogP contribution in [0, 0.1) is 5.92 Å². The molecule has 0 amide bonds. The number of benzene rings is 2. The minimum atomic E-state index is -0.757. The summed E-state index contributed by atoms with van der Waals surface area (Å²) in [5, 5.41) is 10.9. The molecule has 240 valence electrons. The molecule has 3 atom stereocenters. The molecular formula is C36H38N2O8. The quantitative estimate of drug-likeness (QED) is 0.241. The molecule has 4 heterocycles. The summed E-state index contributed by atoms with van der Waals surface area (Å²) in [5.74, 6) is 0.588. The van der Waals surface area contributed by atoms with Gasteiger partial charge in [-0.25, -0.2) is 0 Å². The van der Waals surface area contributed by atoms with Gasteiger partial charge in [0.05, 0.1) is 39.7 Å². The Morgan fingerprint density at radius 3 is 2.48 bits per heavy atom. The van der Waals surface area contributed by atoms with Crippen molar-refractivity contribution >= 4 is 5.97 Å². The van der Waals surface area contributed by atoms with Gasteiger partial charge < -0.3 is 28.3 Å². The van der Waals surface area contributed by atoms with Crippen molar-refractivity contribution in [1.29, 1.82) is 0 Å². The lowest BCUT2D eigenvalue weighted by Crippen LogP contribution is -2.46. The van der Waals surface area contributed by atoms with E-state index in [-0.39, 0.29) is 23.7 Å². The number of esters is 1. The van der Waals surface area contributed by atoms with Crippen LogP contribution in [0.5, 0.6) is 17.2 Å². The van der Waals surface area contributed by atoms with Gasteiger partial charge >= 0.3 is 5.97 Å². The van der Waals surface area contributed by atoms with Gasteiger partial charge in [0.1, 0.15) is 17.3 Å². The van der Waals surface area contributed by atoms with E-state index in [9.17, 15) is 19.5 Å². The number of rotatable bonds is 11. The van der Waals surface area contributed by atoms with Crippen molar-refractivity contribution in [3.63, 3.8) is 0 Å². The maximum atomic E-state index is 13.0. The molecule has 2 aromatic carbocycles. The van der Waals surface area contributed by atoms with Crippen LogP contribution in [0.25, 0.3) is 0 Å². The number of pyridine rings is 1. The minimum absolute atomic E-state index is 0.0233. The third-order valence-electron chi connectivity index (χ3n) is 8.95. The molecular weight excluding hydrogens is 588 g/mol. The van der Waals surface area contributed by atoms with Crippen LogP contribution in [-0.4, -0.2) is 54.5 Å². The Hall–Kier alpha value is -4.83. The average Bonchev–Trinajstić information content (AvgIpc) is 3.06. The third kappa shape index (κ3) is 6.87. The highest BCUT2D eigenvalue weighted by molar-refractivity contribution is 5.71. The fraction of sp³-hybridized carbons (Fsp3) is 0.361. The molecule has 0 saturated carbocycles. The standard InChI is InChI=1S/C36H38N2O8/c1-43-27-10-6-23(7-11-27)14-15-45-28-12-8-25(9-13-28)30(18-34(41)44-2)36-35(42)32(39)17-29(46-36)22-37-19-24-16-26(21-37)31-4-3-5-33(40)38(31)20-24/h3-13,17,24,26,30,42H,14-16,18-22H2,1-2H3/t24-,26+,30+/m0/s1. The Morgan fingerprint density at radius 1 is 0.978 bits per heavy atom. The monoisotopic (exact) mass is 626 g/mol. The number of aromatic hydroxyl groups is 1. The summed E-state index contributed by atoms with van der Waals surface area (Å²) >= 11 is 0. The molecule has 46 heavy (non-hydrogen) atoms. The van der Waals surface area contributed by atoms with Crippen molar-refractivity contribution in [3.8, 4) is 17.2 Å². The normalized spacial score (nSPS) is 18.0. The Balaban J connectivity index is 1.19. The molecule has 10 heteroatoms. The maximum absolute atomic E-state index is 13.0. The lowest BCUT2D eigenvalue weighted by Gasteiger charge is -2.42. The van der Waals surface area contributed by atoms with Gasteiger partial charge in [0.25, 0.3) is 5.56 Å². The van der Waals surface area contributed by atoms with E-state index in [2.05, 4.69) is 4.90 Å². The Morgan fingerprint density at radius 2 is 1.74 bits per heavy atom. The van der Waals surface area contributed by atoms with Crippen molar-refractivity contribution in [2.24, 2.45) is 5.92 Å². The maximum Gasteiger partial charge on any atom is 0.306 e. The number of hydrogen-bond donors (Lipinski definition) is 1. The zero-order valence-electron chi connectivity index (χ0n) is 26.0. The number of methoxy groups -OCH3 is 2. The number of likely N-dealkylation sites (tertiary alicyclic amines) is 1. The number of carbonyl (C=O) groups is 1. The van der Waals surface area contributed by atoms with E-state index in [0.29, 0.717) is 55.7 Å². The molecule has 4 aromatic rings. The number of piperidine rings is 1. The highest BCUT2D eigenvalue weighted by Gasteiger charge is 2.35. The first kappa shape index (κ1) is 31.2. The lowest BCUT2D eigenvalue weighted by molar-refractivity contribution is -0.140. The van der Waals surface area contributed by atoms with Crippen molar-refractivity contribution in [1.82, 2.24) is 9.47 Å².